The van der Waals surface area contributed by atoms with Crippen LogP contribution in [0.5, 0.6) is 5.75 Å². The summed E-state index contributed by atoms with van der Waals surface area (Å²) < 4.78 is 0. The van der Waals surface area contributed by atoms with Crippen LogP contribution in [0.4, 0.5) is 0 Å². The van der Waals surface area contributed by atoms with E-state index < -0.39 is 0 Å². The first-order chi connectivity index (χ1) is 12.2. The second-order valence-corrected chi connectivity index (χ2v) is 7.92. The van der Waals surface area contributed by atoms with Gasteiger partial charge in [0.1, 0.15) is 5.75 Å². The average molecular weight is 332 g/mol. The molecule has 1 aliphatic heterocycles. The highest BCUT2D eigenvalue weighted by Gasteiger charge is 2.47. The van der Waals surface area contributed by atoms with Gasteiger partial charge in [-0.3, -0.25) is 0 Å². The Kier molecular flexibility index (Phi) is 3.23. The molecule has 1 saturated heterocycles. The number of nitrogens with zero attached hydrogens (tertiary/aromatic N) is 1. The molecule has 0 bridgehead atoms. The summed E-state index contributed by atoms with van der Waals surface area (Å²) in [4.78, 5) is 6.16. The van der Waals surface area contributed by atoms with Crippen LogP contribution in [0, 0.1) is 5.92 Å². The van der Waals surface area contributed by atoms with Crippen molar-refractivity contribution in [3.63, 3.8) is 0 Å². The van der Waals surface area contributed by atoms with Gasteiger partial charge in [0, 0.05) is 28.6 Å². The number of phenols is 1. The summed E-state index contributed by atoms with van der Waals surface area (Å²) in [6.07, 6.45) is 3.30. The maximum atomic E-state index is 10.1. The maximum Gasteiger partial charge on any atom is 0.115 e. The number of benzene rings is 2. The van der Waals surface area contributed by atoms with Crippen molar-refractivity contribution >= 4 is 10.9 Å². The lowest BCUT2D eigenvalue weighted by Crippen LogP contribution is -2.52. The van der Waals surface area contributed by atoms with E-state index in [4.69, 9.17) is 0 Å². The fraction of sp³-hybridized carbons (Fsp3) is 0.364. The SMILES string of the molecule is CN1CC[C@]2(c3cccc(O)c3)Cc3[nH]c4ccccc4c3C[C@H]2C1. The molecule has 1 aromatic heterocycles. The number of hydrogen-bond donors (Lipinski definition) is 2. The molecule has 1 fully saturated rings. The van der Waals surface area contributed by atoms with E-state index in [0.29, 0.717) is 11.7 Å². The van der Waals surface area contributed by atoms with Crippen molar-refractivity contribution in [3.05, 3.63) is 65.4 Å². The van der Waals surface area contributed by atoms with Crippen LogP contribution in [0.25, 0.3) is 10.9 Å². The quantitative estimate of drug-likeness (QED) is 0.710. The molecule has 2 atom stereocenters. The molecule has 128 valence electrons. The fourth-order valence-corrected chi connectivity index (χ4v) is 5.23. The Labute approximate surface area is 148 Å². The molecule has 3 nitrogen and oxygen atoms in total. The Morgan fingerprint density at radius 2 is 2.04 bits per heavy atom. The highest BCUT2D eigenvalue weighted by atomic mass is 16.3. The van der Waals surface area contributed by atoms with E-state index in [0.717, 1.165) is 32.4 Å². The van der Waals surface area contributed by atoms with E-state index in [1.807, 2.05) is 12.1 Å². The number of piperidine rings is 1. The van der Waals surface area contributed by atoms with E-state index >= 15 is 0 Å². The number of aromatic nitrogens is 1. The second-order valence-electron chi connectivity index (χ2n) is 7.92. The van der Waals surface area contributed by atoms with E-state index in [9.17, 15) is 5.11 Å². The highest BCUT2D eigenvalue weighted by Crippen LogP contribution is 2.49. The lowest BCUT2D eigenvalue weighted by Gasteiger charge is -2.50. The van der Waals surface area contributed by atoms with Crippen LogP contribution < -0.4 is 0 Å². The third-order valence-corrected chi connectivity index (χ3v) is 6.52. The van der Waals surface area contributed by atoms with Gasteiger partial charge in [-0.15, -0.1) is 0 Å². The van der Waals surface area contributed by atoms with Crippen LogP contribution in [-0.4, -0.2) is 35.1 Å². The first-order valence-electron chi connectivity index (χ1n) is 9.22. The van der Waals surface area contributed by atoms with Gasteiger partial charge in [0.2, 0.25) is 0 Å². The average Bonchev–Trinajstić information content (AvgIpc) is 2.97. The van der Waals surface area contributed by atoms with Crippen molar-refractivity contribution in [2.24, 2.45) is 5.92 Å². The molecular weight excluding hydrogens is 308 g/mol. The second kappa shape index (κ2) is 5.37. The Morgan fingerprint density at radius 1 is 1.16 bits per heavy atom. The van der Waals surface area contributed by atoms with E-state index in [2.05, 4.69) is 47.3 Å². The van der Waals surface area contributed by atoms with Gasteiger partial charge in [-0.2, -0.15) is 0 Å². The number of likely N-dealkylation sites (tertiary alicyclic amines) is 1. The summed E-state index contributed by atoms with van der Waals surface area (Å²) in [5.74, 6) is 0.965. The van der Waals surface area contributed by atoms with Gasteiger partial charge in [-0.1, -0.05) is 30.3 Å². The molecular formula is C22H24N2O. The number of H-pyrrole nitrogens is 1. The van der Waals surface area contributed by atoms with Crippen molar-refractivity contribution in [1.29, 1.82) is 0 Å². The number of para-hydroxylation sites is 1. The van der Waals surface area contributed by atoms with Gasteiger partial charge < -0.3 is 15.0 Å². The van der Waals surface area contributed by atoms with Crippen molar-refractivity contribution in [1.82, 2.24) is 9.88 Å². The molecule has 3 aromatic rings. The van der Waals surface area contributed by atoms with Crippen molar-refractivity contribution in [3.8, 4) is 5.75 Å². The van der Waals surface area contributed by atoms with Crippen LogP contribution in [0.2, 0.25) is 0 Å². The van der Waals surface area contributed by atoms with Crippen molar-refractivity contribution in [2.75, 3.05) is 20.1 Å². The minimum Gasteiger partial charge on any atom is -0.508 e. The number of fused-ring (bicyclic) bond motifs is 4. The normalized spacial score (nSPS) is 26.4. The number of aromatic hydroxyl groups is 1. The number of aromatic amines is 1. The Balaban J connectivity index is 1.68. The van der Waals surface area contributed by atoms with Crippen LogP contribution in [-0.2, 0) is 18.3 Å². The van der Waals surface area contributed by atoms with Crippen LogP contribution in [0.3, 0.4) is 0 Å². The molecule has 3 heteroatoms. The zero-order valence-electron chi connectivity index (χ0n) is 14.6. The summed E-state index contributed by atoms with van der Waals surface area (Å²) in [6.45, 7) is 2.23. The number of hydrogen-bond acceptors (Lipinski definition) is 2. The molecule has 0 amide bonds. The van der Waals surface area contributed by atoms with Gasteiger partial charge in [0.15, 0.2) is 0 Å². The lowest BCUT2D eigenvalue weighted by molar-refractivity contribution is 0.0994. The lowest BCUT2D eigenvalue weighted by atomic mass is 9.59. The number of phenolic OH excluding ortho intramolecular Hbond substituents is 1. The van der Waals surface area contributed by atoms with Gasteiger partial charge >= 0.3 is 0 Å². The summed E-state index contributed by atoms with van der Waals surface area (Å²) in [5, 5.41) is 11.5. The minimum atomic E-state index is 0.124. The van der Waals surface area contributed by atoms with E-state index in [-0.39, 0.29) is 5.41 Å². The molecule has 2 heterocycles. The zero-order chi connectivity index (χ0) is 17.0. The van der Waals surface area contributed by atoms with Gasteiger partial charge in [-0.25, -0.2) is 0 Å². The van der Waals surface area contributed by atoms with E-state index in [1.165, 1.54) is 27.7 Å². The van der Waals surface area contributed by atoms with Crippen molar-refractivity contribution < 1.29 is 5.11 Å². The molecule has 2 aliphatic rings. The Morgan fingerprint density at radius 3 is 2.92 bits per heavy atom. The fourth-order valence-electron chi connectivity index (χ4n) is 5.23. The largest absolute Gasteiger partial charge is 0.508 e. The summed E-state index contributed by atoms with van der Waals surface area (Å²) in [6, 6.07) is 16.7. The molecule has 2 N–H and O–H groups in total. The standard InChI is InChI=1S/C22H24N2O/c1-24-10-9-22(15-5-4-6-17(25)11-15)13-21-19(12-16(22)14-24)18-7-2-3-8-20(18)23-21/h2-8,11,16,23,25H,9-10,12-14H2,1H3/t16-,22+/m0/s1. The predicted molar refractivity (Wildman–Crippen MR) is 101 cm³/mol. The van der Waals surface area contributed by atoms with Crippen LogP contribution >= 0.6 is 0 Å². The molecule has 1 aliphatic carbocycles. The topological polar surface area (TPSA) is 39.3 Å². The van der Waals surface area contributed by atoms with Crippen LogP contribution in [0.15, 0.2) is 48.5 Å². The van der Waals surface area contributed by atoms with Crippen molar-refractivity contribution in [2.45, 2.75) is 24.7 Å². The maximum absolute atomic E-state index is 10.1. The zero-order valence-corrected chi connectivity index (χ0v) is 14.6. The molecule has 2 aromatic carbocycles. The molecule has 0 unspecified atom stereocenters. The molecule has 5 rings (SSSR count). The highest BCUT2D eigenvalue weighted by molar-refractivity contribution is 5.85. The molecule has 0 radical (unpaired) electrons. The van der Waals surface area contributed by atoms with Crippen LogP contribution in [0.1, 0.15) is 23.2 Å². The molecule has 0 saturated carbocycles. The third-order valence-electron chi connectivity index (χ3n) is 6.52. The molecule has 0 spiro atoms. The summed E-state index contributed by atoms with van der Waals surface area (Å²) in [7, 11) is 2.23. The monoisotopic (exact) mass is 332 g/mol. The van der Waals surface area contributed by atoms with E-state index in [1.54, 1.807) is 6.07 Å². The molecule has 25 heavy (non-hydrogen) atoms. The number of rotatable bonds is 1. The first kappa shape index (κ1) is 15.0. The Bertz CT molecular complexity index is 944. The predicted octanol–water partition coefficient (Wildman–Crippen LogP) is 3.86. The van der Waals surface area contributed by atoms with Gasteiger partial charge in [0.05, 0.1) is 0 Å². The summed E-state index contributed by atoms with van der Waals surface area (Å²) >= 11 is 0. The van der Waals surface area contributed by atoms with Gasteiger partial charge in [-0.05, 0) is 68.1 Å². The summed E-state index contributed by atoms with van der Waals surface area (Å²) in [5.41, 5.74) is 5.58. The smallest absolute Gasteiger partial charge is 0.115 e. The Hall–Kier alpha value is -2.26. The number of nitrogens with one attached hydrogen (secondary N) is 1. The first-order valence-corrected chi connectivity index (χ1v) is 9.22. The third kappa shape index (κ3) is 2.22. The minimum absolute atomic E-state index is 0.124. The van der Waals surface area contributed by atoms with Gasteiger partial charge in [0.25, 0.3) is 0 Å².